The van der Waals surface area contributed by atoms with Gasteiger partial charge in [0.25, 0.3) is 11.8 Å². The van der Waals surface area contributed by atoms with Crippen LogP contribution in [0, 0.1) is 6.92 Å². The lowest BCUT2D eigenvalue weighted by molar-refractivity contribution is 0.0783. The molecule has 2 aromatic heterocycles. The predicted molar refractivity (Wildman–Crippen MR) is 139 cm³/mol. The molecule has 3 heterocycles. The number of nitrogens with two attached hydrogens (primary N) is 1. The highest BCUT2D eigenvalue weighted by atomic mass is 16.2. The van der Waals surface area contributed by atoms with Crippen molar-refractivity contribution in [2.24, 2.45) is 7.05 Å². The summed E-state index contributed by atoms with van der Waals surface area (Å²) in [6.45, 7) is 3.04. The first-order chi connectivity index (χ1) is 17.4. The van der Waals surface area contributed by atoms with Crippen LogP contribution in [0.4, 0.5) is 5.82 Å². The number of amides is 2. The average molecular weight is 481 g/mol. The molecule has 0 unspecified atom stereocenters. The van der Waals surface area contributed by atoms with Crippen molar-refractivity contribution in [2.45, 2.75) is 19.4 Å². The third-order valence-corrected chi connectivity index (χ3v) is 6.57. The lowest BCUT2D eigenvalue weighted by Gasteiger charge is -2.18. The van der Waals surface area contributed by atoms with Crippen molar-refractivity contribution in [1.29, 1.82) is 0 Å². The van der Waals surface area contributed by atoms with E-state index in [2.05, 4.69) is 27.5 Å². The van der Waals surface area contributed by atoms with Crippen LogP contribution in [0.15, 0.2) is 73.2 Å². The third-order valence-electron chi connectivity index (χ3n) is 6.57. The fourth-order valence-corrected chi connectivity index (χ4v) is 4.63. The van der Waals surface area contributed by atoms with E-state index >= 15 is 0 Å². The number of hydrogen-bond acceptors (Lipinski definition) is 5. The molecule has 2 aromatic carbocycles. The maximum atomic E-state index is 13.2. The molecule has 1 aliphatic rings. The minimum absolute atomic E-state index is 0.0331. The Morgan fingerprint density at radius 3 is 2.56 bits per heavy atom. The molecule has 1 aliphatic heterocycles. The summed E-state index contributed by atoms with van der Waals surface area (Å²) in [5, 5.41) is 7.19. The van der Waals surface area contributed by atoms with E-state index in [4.69, 9.17) is 5.73 Å². The zero-order valence-electron chi connectivity index (χ0n) is 20.3. The minimum atomic E-state index is -0.298. The van der Waals surface area contributed by atoms with E-state index in [-0.39, 0.29) is 23.7 Å². The molecule has 3 N–H and O–H groups in total. The van der Waals surface area contributed by atoms with Gasteiger partial charge in [-0.3, -0.25) is 14.3 Å². The van der Waals surface area contributed by atoms with E-state index in [1.165, 1.54) is 0 Å². The Morgan fingerprint density at radius 2 is 1.83 bits per heavy atom. The molecular weight excluding hydrogens is 452 g/mol. The second kappa shape index (κ2) is 9.65. The molecule has 5 rings (SSSR count). The van der Waals surface area contributed by atoms with E-state index in [0.717, 1.165) is 27.8 Å². The molecule has 8 nitrogen and oxygen atoms in total. The van der Waals surface area contributed by atoms with E-state index in [9.17, 15) is 9.59 Å². The quantitative estimate of drug-likeness (QED) is 0.453. The topological polar surface area (TPSA) is 106 Å². The number of nitrogens with zero attached hydrogens (tertiary/aromatic N) is 4. The van der Waals surface area contributed by atoms with Crippen molar-refractivity contribution in [3.63, 3.8) is 0 Å². The fraction of sp³-hybridized carbons (Fsp3) is 0.214. The lowest BCUT2D eigenvalue weighted by Crippen LogP contribution is -2.38. The summed E-state index contributed by atoms with van der Waals surface area (Å²) in [4.78, 5) is 32.2. The number of carbonyl (C=O) groups excluding carboxylic acids is 2. The zero-order valence-corrected chi connectivity index (χ0v) is 20.3. The summed E-state index contributed by atoms with van der Waals surface area (Å²) in [6, 6.07) is 17.5. The molecule has 0 spiro atoms. The van der Waals surface area contributed by atoms with Gasteiger partial charge in [0.2, 0.25) is 0 Å². The molecule has 0 radical (unpaired) electrons. The number of anilines is 1. The van der Waals surface area contributed by atoms with Crippen molar-refractivity contribution in [2.75, 3.05) is 18.8 Å². The number of pyridine rings is 1. The Hall–Kier alpha value is -4.46. The van der Waals surface area contributed by atoms with E-state index in [1.807, 2.05) is 56.6 Å². The van der Waals surface area contributed by atoms with Crippen LogP contribution in [-0.2, 0) is 7.05 Å². The minimum Gasteiger partial charge on any atom is -0.383 e. The van der Waals surface area contributed by atoms with Gasteiger partial charge in [-0.25, -0.2) is 4.98 Å². The van der Waals surface area contributed by atoms with E-state index < -0.39 is 0 Å². The molecule has 1 saturated heterocycles. The smallest absolute Gasteiger partial charge is 0.255 e. The Balaban J connectivity index is 1.25. The number of aromatic nitrogens is 3. The molecule has 8 heteroatoms. The third kappa shape index (κ3) is 4.70. The first-order valence-electron chi connectivity index (χ1n) is 11.9. The van der Waals surface area contributed by atoms with Gasteiger partial charge in [-0.15, -0.1) is 0 Å². The van der Waals surface area contributed by atoms with Crippen molar-refractivity contribution >= 4 is 17.6 Å². The monoisotopic (exact) mass is 480 g/mol. The zero-order chi connectivity index (χ0) is 25.2. The molecular formula is C28H28N6O2. The summed E-state index contributed by atoms with van der Waals surface area (Å²) in [7, 11) is 1.83. The van der Waals surface area contributed by atoms with Crippen LogP contribution in [0.25, 0.3) is 22.3 Å². The summed E-state index contributed by atoms with van der Waals surface area (Å²) in [5.41, 5.74) is 11.9. The van der Waals surface area contributed by atoms with Crippen LogP contribution < -0.4 is 11.1 Å². The van der Waals surface area contributed by atoms with E-state index in [0.29, 0.717) is 30.6 Å². The van der Waals surface area contributed by atoms with Gasteiger partial charge >= 0.3 is 0 Å². The highest BCUT2D eigenvalue weighted by Crippen LogP contribution is 2.26. The molecule has 0 saturated carbocycles. The number of nitrogens with one attached hydrogen (secondary N) is 1. The van der Waals surface area contributed by atoms with Crippen molar-refractivity contribution in [1.82, 2.24) is 25.0 Å². The maximum Gasteiger partial charge on any atom is 0.255 e. The van der Waals surface area contributed by atoms with Crippen LogP contribution in [0.2, 0.25) is 0 Å². The van der Waals surface area contributed by atoms with Gasteiger partial charge < -0.3 is 16.0 Å². The molecule has 0 bridgehead atoms. The molecule has 1 atom stereocenters. The average Bonchev–Trinajstić information content (AvgIpc) is 3.53. The Kier molecular flexibility index (Phi) is 6.25. The van der Waals surface area contributed by atoms with Crippen LogP contribution in [0.3, 0.4) is 0 Å². The number of benzene rings is 2. The van der Waals surface area contributed by atoms with Gasteiger partial charge in [-0.1, -0.05) is 36.4 Å². The summed E-state index contributed by atoms with van der Waals surface area (Å²) in [6.07, 6.45) is 5.87. The maximum absolute atomic E-state index is 13.2. The van der Waals surface area contributed by atoms with Crippen LogP contribution in [0.1, 0.15) is 32.7 Å². The standard InChI is InChI=1S/C28H28N6O2/c1-18-12-20(8-9-24(18)19-6-4-3-5-7-19)28(36)34-11-10-23(17-34)32-27(35)25-13-21(14-30-26(25)29)22-15-31-33(2)16-22/h3-9,12-16,23H,10-11,17H2,1-2H3,(H2,29,30)(H,32,35)/t23-/m1/s1. The number of aryl methyl sites for hydroxylation is 2. The second-order valence-electron chi connectivity index (χ2n) is 9.17. The normalized spacial score (nSPS) is 15.2. The predicted octanol–water partition coefficient (Wildman–Crippen LogP) is 3.68. The first-order valence-corrected chi connectivity index (χ1v) is 11.9. The molecule has 1 fully saturated rings. The molecule has 2 amide bonds. The highest BCUT2D eigenvalue weighted by molar-refractivity contribution is 6.00. The van der Waals surface area contributed by atoms with E-state index in [1.54, 1.807) is 28.0 Å². The summed E-state index contributed by atoms with van der Waals surface area (Å²) < 4.78 is 1.69. The first kappa shape index (κ1) is 23.3. The Bertz CT molecular complexity index is 1430. The number of rotatable bonds is 5. The largest absolute Gasteiger partial charge is 0.383 e. The summed E-state index contributed by atoms with van der Waals surface area (Å²) in [5.74, 6) is -0.164. The fourth-order valence-electron chi connectivity index (χ4n) is 4.63. The highest BCUT2D eigenvalue weighted by Gasteiger charge is 2.29. The summed E-state index contributed by atoms with van der Waals surface area (Å²) >= 11 is 0. The molecule has 36 heavy (non-hydrogen) atoms. The van der Waals surface area contributed by atoms with Gasteiger partial charge in [-0.2, -0.15) is 5.10 Å². The second-order valence-corrected chi connectivity index (χ2v) is 9.17. The number of carbonyl (C=O) groups is 2. The van der Waals surface area contributed by atoms with Gasteiger partial charge in [0.1, 0.15) is 5.82 Å². The van der Waals surface area contributed by atoms with Gasteiger partial charge in [0.15, 0.2) is 0 Å². The Morgan fingerprint density at radius 1 is 1.03 bits per heavy atom. The van der Waals surface area contributed by atoms with Crippen LogP contribution >= 0.6 is 0 Å². The molecule has 0 aliphatic carbocycles. The van der Waals surface area contributed by atoms with Crippen molar-refractivity contribution in [3.8, 4) is 22.3 Å². The van der Waals surface area contributed by atoms with Crippen LogP contribution in [-0.4, -0.2) is 50.6 Å². The number of likely N-dealkylation sites (tertiary alicyclic amines) is 1. The van der Waals surface area contributed by atoms with Crippen molar-refractivity contribution < 1.29 is 9.59 Å². The molecule has 4 aromatic rings. The van der Waals surface area contributed by atoms with Gasteiger partial charge in [-0.05, 0) is 48.2 Å². The molecule has 182 valence electrons. The number of nitrogen functional groups attached to an aromatic ring is 1. The van der Waals surface area contributed by atoms with Gasteiger partial charge in [0.05, 0.1) is 11.8 Å². The van der Waals surface area contributed by atoms with Gasteiger partial charge in [0, 0.05) is 55.3 Å². The van der Waals surface area contributed by atoms with Crippen LogP contribution in [0.5, 0.6) is 0 Å². The van der Waals surface area contributed by atoms with Crippen molar-refractivity contribution in [3.05, 3.63) is 89.9 Å². The Labute approximate surface area is 209 Å². The SMILES string of the molecule is Cc1cc(C(=O)N2CC[C@@H](NC(=O)c3cc(-c4cnn(C)c4)cnc3N)C2)ccc1-c1ccccc1. The lowest BCUT2D eigenvalue weighted by atomic mass is 9.98. The number of hydrogen-bond donors (Lipinski definition) is 2.